The Morgan fingerprint density at radius 1 is 1.12 bits per heavy atom. The van der Waals surface area contributed by atoms with E-state index in [-0.39, 0.29) is 24.0 Å². The molecule has 2 unspecified atom stereocenters. The molecule has 1 aliphatic carbocycles. The van der Waals surface area contributed by atoms with Crippen LogP contribution in [-0.2, 0) is 13.1 Å². The third-order valence-electron chi connectivity index (χ3n) is 5.53. The maximum absolute atomic E-state index is 4.55. The van der Waals surface area contributed by atoms with Crippen LogP contribution in [0.1, 0.15) is 36.8 Å². The molecular weight excluding hydrogens is 423 g/mol. The third-order valence-corrected chi connectivity index (χ3v) is 5.53. The number of fused-ring (bicyclic) bond motifs is 1. The number of likely N-dealkylation sites (tertiary alicyclic amines) is 1. The van der Waals surface area contributed by atoms with E-state index in [0.717, 1.165) is 30.9 Å². The first-order chi connectivity index (χ1) is 11.7. The van der Waals surface area contributed by atoms with Gasteiger partial charge in [0.1, 0.15) is 0 Å². The summed E-state index contributed by atoms with van der Waals surface area (Å²) >= 11 is 0. The van der Waals surface area contributed by atoms with Crippen LogP contribution < -0.4 is 5.32 Å². The van der Waals surface area contributed by atoms with Crippen LogP contribution in [0.4, 0.5) is 0 Å². The van der Waals surface area contributed by atoms with Gasteiger partial charge in [-0.3, -0.25) is 4.99 Å². The number of hydrogen-bond donors (Lipinski definition) is 1. The zero-order valence-electron chi connectivity index (χ0n) is 15.9. The van der Waals surface area contributed by atoms with Crippen LogP contribution in [0.5, 0.6) is 0 Å². The second kappa shape index (κ2) is 9.76. The van der Waals surface area contributed by atoms with Crippen LogP contribution in [0.3, 0.4) is 0 Å². The molecule has 1 N–H and O–H groups in total. The first-order valence-electron chi connectivity index (χ1n) is 9.34. The fourth-order valence-corrected chi connectivity index (χ4v) is 4.31. The summed E-state index contributed by atoms with van der Waals surface area (Å²) in [6.07, 6.45) is 5.64. The zero-order chi connectivity index (χ0) is 16.9. The van der Waals surface area contributed by atoms with Gasteiger partial charge in [0.2, 0.25) is 0 Å². The molecule has 25 heavy (non-hydrogen) atoms. The monoisotopic (exact) mass is 456 g/mol. The van der Waals surface area contributed by atoms with E-state index in [2.05, 4.69) is 58.5 Å². The normalized spacial score (nSPS) is 23.4. The minimum atomic E-state index is 0. The van der Waals surface area contributed by atoms with Crippen molar-refractivity contribution < 1.29 is 0 Å². The summed E-state index contributed by atoms with van der Waals surface area (Å²) in [5, 5.41) is 3.61. The second-order valence-electron chi connectivity index (χ2n) is 7.62. The van der Waals surface area contributed by atoms with Gasteiger partial charge in [0, 0.05) is 33.2 Å². The lowest BCUT2D eigenvalue weighted by molar-refractivity contribution is 0.299. The van der Waals surface area contributed by atoms with E-state index in [1.807, 2.05) is 7.05 Å². The van der Waals surface area contributed by atoms with E-state index >= 15 is 0 Å². The van der Waals surface area contributed by atoms with Crippen LogP contribution in [0.25, 0.3) is 0 Å². The molecule has 0 bridgehead atoms. The van der Waals surface area contributed by atoms with Gasteiger partial charge < -0.3 is 15.1 Å². The fraction of sp³-hybridized carbons (Fsp3) is 0.650. The molecule has 0 amide bonds. The Labute approximate surface area is 170 Å². The van der Waals surface area contributed by atoms with Crippen molar-refractivity contribution in [2.24, 2.45) is 16.8 Å². The average Bonchev–Trinajstić information content (AvgIpc) is 3.00. The molecule has 3 rings (SSSR count). The Bertz CT molecular complexity index is 559. The number of benzene rings is 1. The number of guanidine groups is 1. The summed E-state index contributed by atoms with van der Waals surface area (Å²) in [4.78, 5) is 9.26. The predicted molar refractivity (Wildman–Crippen MR) is 116 cm³/mol. The highest BCUT2D eigenvalue weighted by molar-refractivity contribution is 14.0. The molecule has 0 aromatic heterocycles. The summed E-state index contributed by atoms with van der Waals surface area (Å²) in [5.74, 6) is 2.85. The van der Waals surface area contributed by atoms with Crippen molar-refractivity contribution >= 4 is 29.9 Å². The lowest BCUT2D eigenvalue weighted by Crippen LogP contribution is -2.40. The average molecular weight is 456 g/mol. The summed E-state index contributed by atoms with van der Waals surface area (Å²) in [6.45, 7) is 4.19. The molecule has 1 aromatic rings. The molecule has 2 fully saturated rings. The van der Waals surface area contributed by atoms with E-state index < -0.39 is 0 Å². The van der Waals surface area contributed by atoms with Crippen molar-refractivity contribution in [2.45, 2.75) is 38.8 Å². The molecule has 1 aromatic carbocycles. The smallest absolute Gasteiger partial charge is 0.193 e. The van der Waals surface area contributed by atoms with Crippen molar-refractivity contribution in [3.63, 3.8) is 0 Å². The highest BCUT2D eigenvalue weighted by atomic mass is 127. The standard InChI is InChI=1S/C20H32N4.HI/c1-21-20(24-14-18-10-6-7-11-19(18)15-24)22-12-16-8-4-5-9-17(16)13-23(2)3;/h4-5,8-9,18-19H,6-7,10-15H2,1-3H3,(H,21,22);1H. The van der Waals surface area contributed by atoms with E-state index in [9.17, 15) is 0 Å². The molecule has 1 saturated carbocycles. The van der Waals surface area contributed by atoms with Crippen molar-refractivity contribution in [1.29, 1.82) is 0 Å². The lowest BCUT2D eigenvalue weighted by atomic mass is 9.82. The van der Waals surface area contributed by atoms with Gasteiger partial charge in [-0.15, -0.1) is 24.0 Å². The Morgan fingerprint density at radius 2 is 1.72 bits per heavy atom. The van der Waals surface area contributed by atoms with Gasteiger partial charge in [-0.05, 0) is 49.9 Å². The van der Waals surface area contributed by atoms with E-state index in [1.54, 1.807) is 0 Å². The SMILES string of the molecule is CN=C(NCc1ccccc1CN(C)C)N1CC2CCCCC2C1.I. The number of nitrogens with one attached hydrogen (secondary N) is 1. The second-order valence-corrected chi connectivity index (χ2v) is 7.62. The summed E-state index contributed by atoms with van der Waals surface area (Å²) in [7, 11) is 6.15. The molecule has 2 atom stereocenters. The Morgan fingerprint density at radius 3 is 2.28 bits per heavy atom. The minimum Gasteiger partial charge on any atom is -0.352 e. The number of aliphatic imine (C=N–C) groups is 1. The topological polar surface area (TPSA) is 30.9 Å². The molecular formula is C20H33IN4. The van der Waals surface area contributed by atoms with Gasteiger partial charge in [-0.2, -0.15) is 0 Å². The van der Waals surface area contributed by atoms with Crippen molar-refractivity contribution in [3.05, 3.63) is 35.4 Å². The maximum Gasteiger partial charge on any atom is 0.193 e. The molecule has 4 nitrogen and oxygen atoms in total. The summed E-state index contributed by atoms with van der Waals surface area (Å²) in [6, 6.07) is 8.71. The summed E-state index contributed by atoms with van der Waals surface area (Å²) < 4.78 is 0. The van der Waals surface area contributed by atoms with E-state index in [0.29, 0.717) is 0 Å². The highest BCUT2D eigenvalue weighted by Gasteiger charge is 2.35. The van der Waals surface area contributed by atoms with E-state index in [4.69, 9.17) is 0 Å². The van der Waals surface area contributed by atoms with Crippen molar-refractivity contribution in [1.82, 2.24) is 15.1 Å². The molecule has 1 heterocycles. The Kier molecular flexibility index (Phi) is 8.00. The minimum absolute atomic E-state index is 0. The lowest BCUT2D eigenvalue weighted by Gasteiger charge is -2.22. The van der Waals surface area contributed by atoms with Gasteiger partial charge in [-0.1, -0.05) is 37.1 Å². The van der Waals surface area contributed by atoms with Gasteiger partial charge >= 0.3 is 0 Å². The number of halogens is 1. The molecule has 5 heteroatoms. The van der Waals surface area contributed by atoms with Crippen LogP contribution in [0.2, 0.25) is 0 Å². The number of rotatable bonds is 4. The third kappa shape index (κ3) is 5.33. The highest BCUT2D eigenvalue weighted by Crippen LogP contribution is 2.35. The Hall–Kier alpha value is -0.820. The molecule has 1 aliphatic heterocycles. The largest absolute Gasteiger partial charge is 0.352 e. The first-order valence-corrected chi connectivity index (χ1v) is 9.34. The van der Waals surface area contributed by atoms with E-state index in [1.165, 1.54) is 49.9 Å². The molecule has 0 spiro atoms. The molecule has 2 aliphatic rings. The predicted octanol–water partition coefficient (Wildman–Crippen LogP) is 3.56. The van der Waals surface area contributed by atoms with Crippen LogP contribution in [0.15, 0.2) is 29.3 Å². The molecule has 0 radical (unpaired) electrons. The fourth-order valence-electron chi connectivity index (χ4n) is 4.31. The van der Waals surface area contributed by atoms with Gasteiger partial charge in [-0.25, -0.2) is 0 Å². The van der Waals surface area contributed by atoms with Crippen molar-refractivity contribution in [3.8, 4) is 0 Å². The molecule has 1 saturated heterocycles. The zero-order valence-corrected chi connectivity index (χ0v) is 18.2. The van der Waals surface area contributed by atoms with Crippen LogP contribution in [-0.4, -0.2) is 50.0 Å². The van der Waals surface area contributed by atoms with Gasteiger partial charge in [0.15, 0.2) is 5.96 Å². The number of nitrogens with zero attached hydrogens (tertiary/aromatic N) is 3. The molecule has 140 valence electrons. The Balaban J connectivity index is 0.00000225. The van der Waals surface area contributed by atoms with Crippen LogP contribution >= 0.6 is 24.0 Å². The first kappa shape index (κ1) is 20.5. The van der Waals surface area contributed by atoms with Gasteiger partial charge in [0.25, 0.3) is 0 Å². The van der Waals surface area contributed by atoms with Crippen LogP contribution in [0, 0.1) is 11.8 Å². The van der Waals surface area contributed by atoms with Gasteiger partial charge in [0.05, 0.1) is 0 Å². The summed E-state index contributed by atoms with van der Waals surface area (Å²) in [5.41, 5.74) is 2.75. The van der Waals surface area contributed by atoms with Crippen molar-refractivity contribution in [2.75, 3.05) is 34.2 Å². The quantitative estimate of drug-likeness (QED) is 0.427. The number of hydrogen-bond acceptors (Lipinski definition) is 2. The maximum atomic E-state index is 4.55.